The number of halogens is 1. The van der Waals surface area contributed by atoms with E-state index in [1.165, 1.54) is 25.3 Å². The van der Waals surface area contributed by atoms with Crippen LogP contribution in [0.25, 0.3) is 6.08 Å². The lowest BCUT2D eigenvalue weighted by molar-refractivity contribution is -0.131. The topological polar surface area (TPSA) is 46.5 Å². The summed E-state index contributed by atoms with van der Waals surface area (Å²) in [6, 6.07) is 7.18. The molecule has 1 N–H and O–H groups in total. The number of aliphatic carboxylic acids is 1. The van der Waals surface area contributed by atoms with Crippen molar-refractivity contribution < 1.29 is 14.6 Å². The van der Waals surface area contributed by atoms with Gasteiger partial charge in [0.1, 0.15) is 5.75 Å². The molecule has 0 saturated carbocycles. The minimum absolute atomic E-state index is 0.715. The maximum atomic E-state index is 10.2. The van der Waals surface area contributed by atoms with Gasteiger partial charge in [0.05, 0.1) is 7.11 Å². The van der Waals surface area contributed by atoms with Crippen molar-refractivity contribution in [3.8, 4) is 5.75 Å². The zero-order chi connectivity index (χ0) is 14.5. The number of methoxy groups -OCH3 is 1. The van der Waals surface area contributed by atoms with Gasteiger partial charge < -0.3 is 9.84 Å². The number of carbonyl (C=O) groups is 1. The third kappa shape index (κ3) is 10.2. The highest BCUT2D eigenvalue weighted by Crippen LogP contribution is 2.13. The van der Waals surface area contributed by atoms with E-state index in [0.29, 0.717) is 5.75 Å². The van der Waals surface area contributed by atoms with E-state index in [1.807, 2.05) is 6.07 Å². The first kappa shape index (κ1) is 17.5. The predicted octanol–water partition coefficient (Wildman–Crippen LogP) is 4.21. The Hall–Kier alpha value is -1.48. The second-order valence-electron chi connectivity index (χ2n) is 3.84. The van der Waals surface area contributed by atoms with E-state index in [0.717, 1.165) is 17.5 Å². The highest BCUT2D eigenvalue weighted by Gasteiger charge is 1.92. The second-order valence-corrected chi connectivity index (χ2v) is 4.22. The Kier molecular flexibility index (Phi) is 10.7. The molecule has 0 atom stereocenters. The summed E-state index contributed by atoms with van der Waals surface area (Å²) in [5, 5.41) is 8.38. The number of benzene rings is 1. The van der Waals surface area contributed by atoms with Gasteiger partial charge in [-0.3, -0.25) is 0 Å². The normalized spacial score (nSPS) is 9.84. The fraction of sp³-hybridized carbons (Fsp3) is 0.400. The van der Waals surface area contributed by atoms with Crippen molar-refractivity contribution in [2.24, 2.45) is 0 Å². The van der Waals surface area contributed by atoms with Crippen LogP contribution in [-0.2, 0) is 4.79 Å². The maximum absolute atomic E-state index is 10.2. The first-order valence-electron chi connectivity index (χ1n) is 6.25. The SMILES string of the molecule is CCCCCCl.COc1cccc(C=CC(=O)O)c1. The molecular weight excluding hydrogens is 264 g/mol. The number of ether oxygens (including phenoxy) is 1. The third-order valence-electron chi connectivity index (χ3n) is 2.25. The second kappa shape index (κ2) is 11.6. The van der Waals surface area contributed by atoms with Crippen LogP contribution in [0.2, 0.25) is 0 Å². The minimum atomic E-state index is -0.956. The highest BCUT2D eigenvalue weighted by atomic mass is 35.5. The Morgan fingerprint density at radius 2 is 2.16 bits per heavy atom. The highest BCUT2D eigenvalue weighted by molar-refractivity contribution is 6.17. The molecule has 0 bridgehead atoms. The Morgan fingerprint density at radius 1 is 1.42 bits per heavy atom. The monoisotopic (exact) mass is 284 g/mol. The van der Waals surface area contributed by atoms with Gasteiger partial charge in [-0.25, -0.2) is 4.79 Å². The van der Waals surface area contributed by atoms with Gasteiger partial charge in [-0.1, -0.05) is 31.9 Å². The lowest BCUT2D eigenvalue weighted by Crippen LogP contribution is -1.86. The van der Waals surface area contributed by atoms with E-state index in [2.05, 4.69) is 6.92 Å². The van der Waals surface area contributed by atoms with Crippen LogP contribution in [0.1, 0.15) is 31.7 Å². The summed E-state index contributed by atoms with van der Waals surface area (Å²) in [5.74, 6) is 0.587. The quantitative estimate of drug-likeness (QED) is 0.483. The minimum Gasteiger partial charge on any atom is -0.497 e. The molecule has 0 spiro atoms. The fourth-order valence-electron chi connectivity index (χ4n) is 1.26. The van der Waals surface area contributed by atoms with Crippen molar-refractivity contribution in [1.82, 2.24) is 0 Å². The van der Waals surface area contributed by atoms with Crippen molar-refractivity contribution >= 4 is 23.6 Å². The van der Waals surface area contributed by atoms with Crippen LogP contribution in [0, 0.1) is 0 Å². The summed E-state index contributed by atoms with van der Waals surface area (Å²) < 4.78 is 4.98. The molecule has 0 aliphatic heterocycles. The lowest BCUT2D eigenvalue weighted by Gasteiger charge is -1.99. The zero-order valence-corrected chi connectivity index (χ0v) is 12.2. The Balaban J connectivity index is 0.000000459. The van der Waals surface area contributed by atoms with Crippen molar-refractivity contribution in [1.29, 1.82) is 0 Å². The van der Waals surface area contributed by atoms with Crippen LogP contribution >= 0.6 is 11.6 Å². The van der Waals surface area contributed by atoms with Crippen molar-refractivity contribution in [3.63, 3.8) is 0 Å². The molecular formula is C15H21ClO3. The van der Waals surface area contributed by atoms with E-state index in [1.54, 1.807) is 25.3 Å². The number of carboxylic acids is 1. The van der Waals surface area contributed by atoms with E-state index in [9.17, 15) is 4.79 Å². The van der Waals surface area contributed by atoms with Gasteiger partial charge in [-0.2, -0.15) is 0 Å². The van der Waals surface area contributed by atoms with Crippen LogP contribution in [0.15, 0.2) is 30.3 Å². The number of carboxylic acid groups (broad SMARTS) is 1. The molecule has 0 aliphatic carbocycles. The van der Waals surface area contributed by atoms with Gasteiger partial charge in [0, 0.05) is 12.0 Å². The predicted molar refractivity (Wildman–Crippen MR) is 79.9 cm³/mol. The molecule has 0 amide bonds. The van der Waals surface area contributed by atoms with Gasteiger partial charge >= 0.3 is 5.97 Å². The van der Waals surface area contributed by atoms with Crippen molar-refractivity contribution in [2.45, 2.75) is 26.2 Å². The van der Waals surface area contributed by atoms with Crippen LogP contribution in [0.4, 0.5) is 0 Å². The Morgan fingerprint density at radius 3 is 2.63 bits per heavy atom. The molecule has 19 heavy (non-hydrogen) atoms. The molecule has 0 radical (unpaired) electrons. The fourth-order valence-corrected chi connectivity index (χ4v) is 1.45. The molecule has 0 heterocycles. The van der Waals surface area contributed by atoms with Crippen molar-refractivity contribution in [3.05, 3.63) is 35.9 Å². The molecule has 1 aromatic rings. The first-order valence-corrected chi connectivity index (χ1v) is 6.78. The Bertz CT molecular complexity index is 385. The van der Waals surface area contributed by atoms with E-state index < -0.39 is 5.97 Å². The first-order chi connectivity index (χ1) is 9.13. The number of alkyl halides is 1. The summed E-state index contributed by atoms with van der Waals surface area (Å²) in [6.07, 6.45) is 6.34. The average Bonchev–Trinajstić information content (AvgIpc) is 2.43. The summed E-state index contributed by atoms with van der Waals surface area (Å²) in [5.41, 5.74) is 0.807. The molecule has 0 fully saturated rings. The molecule has 3 nitrogen and oxygen atoms in total. The molecule has 4 heteroatoms. The molecule has 106 valence electrons. The third-order valence-corrected chi connectivity index (χ3v) is 2.52. The summed E-state index contributed by atoms with van der Waals surface area (Å²) in [4.78, 5) is 10.2. The van der Waals surface area contributed by atoms with E-state index >= 15 is 0 Å². The van der Waals surface area contributed by atoms with Crippen LogP contribution < -0.4 is 4.74 Å². The molecule has 1 aromatic carbocycles. The summed E-state index contributed by atoms with van der Waals surface area (Å²) in [7, 11) is 1.57. The molecule has 0 unspecified atom stereocenters. The molecule has 0 saturated heterocycles. The van der Waals surface area contributed by atoms with E-state index in [4.69, 9.17) is 21.4 Å². The summed E-state index contributed by atoms with van der Waals surface area (Å²) in [6.45, 7) is 2.17. The number of hydrogen-bond donors (Lipinski definition) is 1. The standard InChI is InChI=1S/C10H10O3.C5H11Cl/c1-13-9-4-2-3-8(7-9)5-6-10(11)12;1-2-3-4-5-6/h2-7H,1H3,(H,11,12);2-5H2,1H3. The van der Waals surface area contributed by atoms with Gasteiger partial charge in [0.2, 0.25) is 0 Å². The maximum Gasteiger partial charge on any atom is 0.328 e. The zero-order valence-electron chi connectivity index (χ0n) is 11.4. The molecule has 0 aliphatic rings. The van der Waals surface area contributed by atoms with Crippen LogP contribution in [-0.4, -0.2) is 24.1 Å². The van der Waals surface area contributed by atoms with E-state index in [-0.39, 0.29) is 0 Å². The van der Waals surface area contributed by atoms with Crippen molar-refractivity contribution in [2.75, 3.05) is 13.0 Å². The largest absolute Gasteiger partial charge is 0.497 e. The molecule has 1 rings (SSSR count). The van der Waals surface area contributed by atoms with Crippen LogP contribution in [0.5, 0.6) is 5.75 Å². The number of hydrogen-bond acceptors (Lipinski definition) is 2. The van der Waals surface area contributed by atoms with Gasteiger partial charge in [-0.15, -0.1) is 11.6 Å². The summed E-state index contributed by atoms with van der Waals surface area (Å²) >= 11 is 5.38. The van der Waals surface area contributed by atoms with Gasteiger partial charge in [0.15, 0.2) is 0 Å². The van der Waals surface area contributed by atoms with Gasteiger partial charge in [0.25, 0.3) is 0 Å². The number of unbranched alkanes of at least 4 members (excludes halogenated alkanes) is 2. The number of rotatable bonds is 6. The smallest absolute Gasteiger partial charge is 0.328 e. The van der Waals surface area contributed by atoms with Gasteiger partial charge in [-0.05, 0) is 30.2 Å². The lowest BCUT2D eigenvalue weighted by atomic mass is 10.2. The molecule has 0 aromatic heterocycles. The Labute approximate surface area is 119 Å². The van der Waals surface area contributed by atoms with Crippen LogP contribution in [0.3, 0.4) is 0 Å². The average molecular weight is 285 g/mol.